The fraction of sp³-hybridized carbons (Fsp3) is 0.154. The summed E-state index contributed by atoms with van der Waals surface area (Å²) in [6, 6.07) is 7.19. The first-order valence-electron chi connectivity index (χ1n) is 5.29. The molecule has 18 heavy (non-hydrogen) atoms. The van der Waals surface area contributed by atoms with Crippen molar-refractivity contribution in [1.82, 2.24) is 4.98 Å². The number of pyridine rings is 1. The van der Waals surface area contributed by atoms with Gasteiger partial charge >= 0.3 is 0 Å². The highest BCUT2D eigenvalue weighted by Gasteiger charge is 2.14. The molecular formula is C13H10BrCl2NO. The van der Waals surface area contributed by atoms with Crippen LogP contribution in [0.5, 0.6) is 0 Å². The van der Waals surface area contributed by atoms with Crippen LogP contribution in [-0.4, -0.2) is 10.1 Å². The first-order valence-corrected chi connectivity index (χ1v) is 6.84. The Morgan fingerprint density at radius 1 is 1.22 bits per heavy atom. The Balaban J connectivity index is 2.22. The lowest BCUT2D eigenvalue weighted by atomic mass is 10.0. The molecular weight excluding hydrogens is 337 g/mol. The third-order valence-electron chi connectivity index (χ3n) is 2.59. The van der Waals surface area contributed by atoms with Crippen LogP contribution in [0.2, 0.25) is 10.0 Å². The number of benzene rings is 1. The van der Waals surface area contributed by atoms with Crippen LogP contribution >= 0.6 is 39.1 Å². The van der Waals surface area contributed by atoms with Crippen molar-refractivity contribution in [2.45, 2.75) is 12.5 Å². The van der Waals surface area contributed by atoms with Gasteiger partial charge in [-0.1, -0.05) is 45.2 Å². The van der Waals surface area contributed by atoms with E-state index in [9.17, 15) is 5.11 Å². The summed E-state index contributed by atoms with van der Waals surface area (Å²) in [5, 5.41) is 11.3. The summed E-state index contributed by atoms with van der Waals surface area (Å²) in [4.78, 5) is 3.91. The summed E-state index contributed by atoms with van der Waals surface area (Å²) in [5.74, 6) is 0. The highest BCUT2D eigenvalue weighted by Crippen LogP contribution is 2.29. The van der Waals surface area contributed by atoms with E-state index in [1.54, 1.807) is 30.6 Å². The minimum absolute atomic E-state index is 0.405. The Hall–Kier alpha value is -0.610. The molecule has 0 fully saturated rings. The fourth-order valence-electron chi connectivity index (χ4n) is 1.66. The van der Waals surface area contributed by atoms with Crippen molar-refractivity contribution in [3.05, 3.63) is 62.3 Å². The molecule has 2 aromatic rings. The van der Waals surface area contributed by atoms with Crippen molar-refractivity contribution in [1.29, 1.82) is 0 Å². The first-order chi connectivity index (χ1) is 8.58. The largest absolute Gasteiger partial charge is 0.388 e. The Morgan fingerprint density at radius 2 is 2.00 bits per heavy atom. The molecule has 0 aliphatic carbocycles. The molecule has 1 heterocycles. The van der Waals surface area contributed by atoms with Crippen molar-refractivity contribution >= 4 is 39.1 Å². The fourth-order valence-corrected chi connectivity index (χ4v) is 2.66. The summed E-state index contributed by atoms with van der Waals surface area (Å²) in [6.45, 7) is 0. The van der Waals surface area contributed by atoms with E-state index in [1.165, 1.54) is 0 Å². The molecule has 0 saturated heterocycles. The number of aromatic nitrogens is 1. The van der Waals surface area contributed by atoms with Gasteiger partial charge in [0, 0.05) is 28.3 Å². The Bertz CT molecular complexity index is 562. The molecule has 5 heteroatoms. The smallest absolute Gasteiger partial charge is 0.0845 e. The monoisotopic (exact) mass is 345 g/mol. The molecule has 0 amide bonds. The van der Waals surface area contributed by atoms with Crippen LogP contribution in [0.25, 0.3) is 0 Å². The van der Waals surface area contributed by atoms with E-state index in [2.05, 4.69) is 20.9 Å². The van der Waals surface area contributed by atoms with E-state index >= 15 is 0 Å². The van der Waals surface area contributed by atoms with Gasteiger partial charge in [-0.05, 0) is 29.3 Å². The average Bonchev–Trinajstić information content (AvgIpc) is 2.32. The predicted molar refractivity (Wildman–Crippen MR) is 77.1 cm³/mol. The van der Waals surface area contributed by atoms with E-state index in [4.69, 9.17) is 23.2 Å². The van der Waals surface area contributed by atoms with E-state index in [0.29, 0.717) is 22.0 Å². The van der Waals surface area contributed by atoms with Gasteiger partial charge in [0.1, 0.15) is 0 Å². The topological polar surface area (TPSA) is 33.1 Å². The predicted octanol–water partition coefficient (Wildman–Crippen LogP) is 4.43. The molecule has 94 valence electrons. The molecule has 1 N–H and O–H groups in total. The van der Waals surface area contributed by atoms with Gasteiger partial charge in [0.15, 0.2) is 0 Å². The van der Waals surface area contributed by atoms with Gasteiger partial charge in [-0.25, -0.2) is 0 Å². The van der Waals surface area contributed by atoms with Crippen LogP contribution in [-0.2, 0) is 6.42 Å². The number of hydrogen-bond acceptors (Lipinski definition) is 2. The van der Waals surface area contributed by atoms with Crippen LogP contribution in [0.15, 0.2) is 41.1 Å². The molecule has 1 aromatic heterocycles. The summed E-state index contributed by atoms with van der Waals surface area (Å²) in [6.07, 6.45) is 2.93. The van der Waals surface area contributed by atoms with Crippen LogP contribution in [0, 0.1) is 0 Å². The van der Waals surface area contributed by atoms with Gasteiger partial charge < -0.3 is 5.11 Å². The lowest BCUT2D eigenvalue weighted by Gasteiger charge is -2.13. The summed E-state index contributed by atoms with van der Waals surface area (Å²) in [5.41, 5.74) is 1.53. The highest BCUT2D eigenvalue weighted by atomic mass is 79.9. The molecule has 0 aliphatic heterocycles. The van der Waals surface area contributed by atoms with Crippen molar-refractivity contribution in [2.24, 2.45) is 0 Å². The molecule has 1 unspecified atom stereocenters. The molecule has 0 saturated carbocycles. The SMILES string of the molecule is OC(Cc1ccncc1Cl)c1ccc(Br)cc1Cl. The number of halogens is 3. The number of rotatable bonds is 3. The van der Waals surface area contributed by atoms with Crippen molar-refractivity contribution in [2.75, 3.05) is 0 Å². The van der Waals surface area contributed by atoms with Gasteiger partial charge in [-0.3, -0.25) is 4.98 Å². The highest BCUT2D eigenvalue weighted by molar-refractivity contribution is 9.10. The molecule has 0 spiro atoms. The molecule has 2 nitrogen and oxygen atoms in total. The van der Waals surface area contributed by atoms with Gasteiger partial charge in [-0.2, -0.15) is 0 Å². The lowest BCUT2D eigenvalue weighted by Crippen LogP contribution is -2.03. The van der Waals surface area contributed by atoms with Crippen LogP contribution < -0.4 is 0 Å². The van der Waals surface area contributed by atoms with Gasteiger partial charge in [0.05, 0.1) is 11.1 Å². The summed E-state index contributed by atoms with van der Waals surface area (Å²) >= 11 is 15.4. The molecule has 1 atom stereocenters. The van der Waals surface area contributed by atoms with E-state index < -0.39 is 6.10 Å². The second kappa shape index (κ2) is 6.02. The lowest BCUT2D eigenvalue weighted by molar-refractivity contribution is 0.178. The van der Waals surface area contributed by atoms with Gasteiger partial charge in [0.25, 0.3) is 0 Å². The zero-order valence-corrected chi connectivity index (χ0v) is 12.4. The molecule has 2 rings (SSSR count). The van der Waals surface area contributed by atoms with Crippen LogP contribution in [0.3, 0.4) is 0 Å². The summed E-state index contributed by atoms with van der Waals surface area (Å²) < 4.78 is 0.880. The maximum absolute atomic E-state index is 10.2. The Kier molecular flexibility index (Phi) is 4.62. The van der Waals surface area contributed by atoms with Crippen molar-refractivity contribution in [3.63, 3.8) is 0 Å². The molecule has 0 radical (unpaired) electrons. The maximum Gasteiger partial charge on any atom is 0.0845 e. The Morgan fingerprint density at radius 3 is 2.67 bits per heavy atom. The van der Waals surface area contributed by atoms with Crippen molar-refractivity contribution in [3.8, 4) is 0 Å². The molecule has 1 aromatic carbocycles. The minimum Gasteiger partial charge on any atom is -0.388 e. The van der Waals surface area contributed by atoms with Crippen LogP contribution in [0.1, 0.15) is 17.2 Å². The average molecular weight is 347 g/mol. The minimum atomic E-state index is -0.689. The molecule has 0 aliphatic rings. The van der Waals surface area contributed by atoms with E-state index in [0.717, 1.165) is 10.0 Å². The van der Waals surface area contributed by atoms with E-state index in [1.807, 2.05) is 6.07 Å². The number of aliphatic hydroxyl groups is 1. The zero-order chi connectivity index (χ0) is 13.1. The molecule has 0 bridgehead atoms. The zero-order valence-electron chi connectivity index (χ0n) is 9.28. The van der Waals surface area contributed by atoms with Crippen molar-refractivity contribution < 1.29 is 5.11 Å². The third-order valence-corrected chi connectivity index (χ3v) is 3.75. The Labute approximate surface area is 124 Å². The number of nitrogens with zero attached hydrogens (tertiary/aromatic N) is 1. The van der Waals surface area contributed by atoms with Gasteiger partial charge in [-0.15, -0.1) is 0 Å². The summed E-state index contributed by atoms with van der Waals surface area (Å²) in [7, 11) is 0. The second-order valence-electron chi connectivity index (χ2n) is 3.85. The van der Waals surface area contributed by atoms with E-state index in [-0.39, 0.29) is 0 Å². The standard InChI is InChI=1S/C13H10BrCl2NO/c14-9-1-2-10(11(15)6-9)13(18)5-8-3-4-17-7-12(8)16/h1-4,6-7,13,18H,5H2. The maximum atomic E-state index is 10.2. The normalized spacial score (nSPS) is 12.4. The number of aliphatic hydroxyl groups excluding tert-OH is 1. The first kappa shape index (κ1) is 13.8. The third kappa shape index (κ3) is 3.23. The number of hydrogen-bond donors (Lipinski definition) is 1. The second-order valence-corrected chi connectivity index (χ2v) is 5.58. The van der Waals surface area contributed by atoms with Gasteiger partial charge in [0.2, 0.25) is 0 Å². The quantitative estimate of drug-likeness (QED) is 0.891. The van der Waals surface area contributed by atoms with Crippen LogP contribution in [0.4, 0.5) is 0 Å².